The Morgan fingerprint density at radius 1 is 1.29 bits per heavy atom. The van der Waals surface area contributed by atoms with Crippen molar-refractivity contribution in [2.45, 2.75) is 49.3 Å². The molecule has 0 aromatic heterocycles. The molecule has 0 spiro atoms. The number of esters is 1. The van der Waals surface area contributed by atoms with Gasteiger partial charge in [0.2, 0.25) is 10.0 Å². The molecule has 2 rings (SSSR count). The van der Waals surface area contributed by atoms with Gasteiger partial charge in [0.15, 0.2) is 0 Å². The lowest BCUT2D eigenvalue weighted by atomic mass is 9.76. The third kappa shape index (κ3) is 3.24. The highest BCUT2D eigenvalue weighted by molar-refractivity contribution is 7.90. The van der Waals surface area contributed by atoms with E-state index in [2.05, 4.69) is 9.62 Å². The van der Waals surface area contributed by atoms with E-state index < -0.39 is 27.2 Å². The minimum atomic E-state index is -3.48. The van der Waals surface area contributed by atoms with E-state index in [9.17, 15) is 13.2 Å². The van der Waals surface area contributed by atoms with E-state index in [1.54, 1.807) is 0 Å². The number of hydrogen-bond acceptors (Lipinski definition) is 5. The summed E-state index contributed by atoms with van der Waals surface area (Å²) < 4.78 is 32.6. The van der Waals surface area contributed by atoms with Crippen LogP contribution in [0.3, 0.4) is 0 Å². The summed E-state index contributed by atoms with van der Waals surface area (Å²) in [5.74, 6) is -0.932. The Balaban J connectivity index is 2.03. The van der Waals surface area contributed by atoms with Crippen LogP contribution in [-0.2, 0) is 19.6 Å². The van der Waals surface area contributed by atoms with Gasteiger partial charge in [0.05, 0.1) is 18.3 Å². The molecule has 0 aromatic rings. The maximum Gasteiger partial charge on any atom is 0.310 e. The summed E-state index contributed by atoms with van der Waals surface area (Å²) in [6, 6.07) is 0. The van der Waals surface area contributed by atoms with E-state index in [1.165, 1.54) is 7.11 Å². The minimum absolute atomic E-state index is 0.0631. The Labute approximate surface area is 127 Å². The summed E-state index contributed by atoms with van der Waals surface area (Å²) in [5.41, 5.74) is -0.0631. The van der Waals surface area contributed by atoms with Crippen LogP contribution in [0.25, 0.3) is 0 Å². The van der Waals surface area contributed by atoms with Gasteiger partial charge in [0.25, 0.3) is 0 Å². The molecule has 0 heterocycles. The molecule has 0 amide bonds. The Kier molecular flexibility index (Phi) is 4.95. The molecule has 122 valence electrons. The monoisotopic (exact) mass is 318 g/mol. The van der Waals surface area contributed by atoms with Crippen molar-refractivity contribution in [3.05, 3.63) is 0 Å². The van der Waals surface area contributed by atoms with Crippen molar-refractivity contribution in [3.8, 4) is 0 Å². The number of nitrogens with one attached hydrogen (secondary N) is 1. The summed E-state index contributed by atoms with van der Waals surface area (Å²) in [4.78, 5) is 13.8. The molecule has 2 aliphatic rings. The molecule has 2 saturated carbocycles. The van der Waals surface area contributed by atoms with Crippen LogP contribution in [0.1, 0.15) is 38.5 Å². The number of rotatable bonds is 6. The van der Waals surface area contributed by atoms with Crippen LogP contribution < -0.4 is 4.72 Å². The normalized spacial score (nSPS) is 28.4. The molecule has 1 N–H and O–H groups in total. The molecule has 0 bridgehead atoms. The molecule has 2 aliphatic carbocycles. The molecule has 7 heteroatoms. The van der Waals surface area contributed by atoms with E-state index >= 15 is 0 Å². The van der Waals surface area contributed by atoms with Gasteiger partial charge in [0.1, 0.15) is 0 Å². The van der Waals surface area contributed by atoms with Crippen molar-refractivity contribution in [2.24, 2.45) is 5.92 Å². The lowest BCUT2D eigenvalue weighted by Gasteiger charge is -2.47. The Morgan fingerprint density at radius 2 is 1.95 bits per heavy atom. The zero-order chi connectivity index (χ0) is 15.7. The van der Waals surface area contributed by atoms with Crippen molar-refractivity contribution >= 4 is 16.0 Å². The highest BCUT2D eigenvalue weighted by atomic mass is 32.2. The molecule has 0 aromatic carbocycles. The second-order valence-corrected chi connectivity index (χ2v) is 8.42. The topological polar surface area (TPSA) is 75.7 Å². The highest BCUT2D eigenvalue weighted by Crippen LogP contribution is 2.36. The zero-order valence-electron chi connectivity index (χ0n) is 13.1. The first-order valence-corrected chi connectivity index (χ1v) is 9.11. The van der Waals surface area contributed by atoms with Crippen molar-refractivity contribution in [1.29, 1.82) is 0 Å². The third-order valence-electron chi connectivity index (χ3n) is 5.19. The fourth-order valence-electron chi connectivity index (χ4n) is 3.43. The second-order valence-electron chi connectivity index (χ2n) is 6.44. The van der Waals surface area contributed by atoms with Gasteiger partial charge in [-0.1, -0.05) is 6.42 Å². The molecule has 0 radical (unpaired) electrons. The molecule has 21 heavy (non-hydrogen) atoms. The fraction of sp³-hybridized carbons (Fsp3) is 0.929. The zero-order valence-corrected chi connectivity index (χ0v) is 13.9. The van der Waals surface area contributed by atoms with Crippen LogP contribution >= 0.6 is 0 Å². The number of carbonyl (C=O) groups excluding carboxylic acids is 1. The van der Waals surface area contributed by atoms with Crippen molar-refractivity contribution in [2.75, 3.05) is 27.7 Å². The third-order valence-corrected chi connectivity index (χ3v) is 7.10. The van der Waals surface area contributed by atoms with Crippen LogP contribution in [0.15, 0.2) is 0 Å². The van der Waals surface area contributed by atoms with Gasteiger partial charge in [0, 0.05) is 12.1 Å². The summed E-state index contributed by atoms with van der Waals surface area (Å²) in [6.45, 7) is 0.423. The van der Waals surface area contributed by atoms with Gasteiger partial charge in [-0.05, 0) is 46.2 Å². The number of likely N-dealkylation sites (N-methyl/N-ethyl adjacent to an activating group) is 1. The maximum absolute atomic E-state index is 12.5. The number of hydrogen-bond donors (Lipinski definition) is 1. The number of carbonyl (C=O) groups is 1. The van der Waals surface area contributed by atoms with E-state index in [0.717, 1.165) is 25.7 Å². The lowest BCUT2D eigenvalue weighted by Crippen LogP contribution is -2.58. The Bertz CT molecular complexity index is 485. The first-order valence-electron chi connectivity index (χ1n) is 7.56. The van der Waals surface area contributed by atoms with Crippen LogP contribution in [0.2, 0.25) is 0 Å². The minimum Gasteiger partial charge on any atom is -0.469 e. The van der Waals surface area contributed by atoms with E-state index in [0.29, 0.717) is 19.4 Å². The standard InChI is InChI=1S/C14H26N2O4S/c1-16(2)14(8-5-9-14)10-15-21(18,19)12-7-4-6-11(12)13(17)20-3/h11-12,15H,4-10H2,1-3H3. The summed E-state index contributed by atoms with van der Waals surface area (Å²) in [5, 5.41) is -0.649. The lowest BCUT2D eigenvalue weighted by molar-refractivity contribution is -0.145. The molecular formula is C14H26N2O4S. The average Bonchev–Trinajstić information content (AvgIpc) is 2.85. The largest absolute Gasteiger partial charge is 0.469 e. The van der Waals surface area contributed by atoms with Crippen molar-refractivity contribution in [3.63, 3.8) is 0 Å². The van der Waals surface area contributed by atoms with Gasteiger partial charge < -0.3 is 9.64 Å². The predicted octanol–water partition coefficient (Wildman–Crippen LogP) is 0.732. The smallest absolute Gasteiger partial charge is 0.310 e. The molecule has 0 aliphatic heterocycles. The fourth-order valence-corrected chi connectivity index (χ4v) is 5.27. The molecule has 2 fully saturated rings. The van der Waals surface area contributed by atoms with Crippen molar-refractivity contribution < 1.29 is 17.9 Å². The van der Waals surface area contributed by atoms with Crippen molar-refractivity contribution in [1.82, 2.24) is 9.62 Å². The summed E-state index contributed by atoms with van der Waals surface area (Å²) in [6.07, 6.45) is 5.03. The summed E-state index contributed by atoms with van der Waals surface area (Å²) in [7, 11) is 1.80. The Hall–Kier alpha value is -0.660. The van der Waals surface area contributed by atoms with Crippen LogP contribution in [0.5, 0.6) is 0 Å². The van der Waals surface area contributed by atoms with E-state index in [4.69, 9.17) is 4.74 Å². The van der Waals surface area contributed by atoms with Gasteiger partial charge in [-0.25, -0.2) is 13.1 Å². The van der Waals surface area contributed by atoms with E-state index in [1.807, 2.05) is 14.1 Å². The van der Waals surface area contributed by atoms with E-state index in [-0.39, 0.29) is 5.54 Å². The molecule has 0 saturated heterocycles. The highest BCUT2D eigenvalue weighted by Gasteiger charge is 2.45. The Morgan fingerprint density at radius 3 is 2.43 bits per heavy atom. The first-order chi connectivity index (χ1) is 9.82. The van der Waals surface area contributed by atoms with Gasteiger partial charge in [-0.15, -0.1) is 0 Å². The summed E-state index contributed by atoms with van der Waals surface area (Å²) >= 11 is 0. The number of ether oxygens (including phenoxy) is 1. The van der Waals surface area contributed by atoms with Gasteiger partial charge in [-0.2, -0.15) is 0 Å². The van der Waals surface area contributed by atoms with Crippen LogP contribution in [0, 0.1) is 5.92 Å². The first kappa shape index (κ1) is 16.7. The van der Waals surface area contributed by atoms with Crippen LogP contribution in [-0.4, -0.2) is 57.8 Å². The molecule has 2 atom stereocenters. The second kappa shape index (κ2) is 6.22. The predicted molar refractivity (Wildman–Crippen MR) is 80.3 cm³/mol. The number of nitrogens with zero attached hydrogens (tertiary/aromatic N) is 1. The maximum atomic E-state index is 12.5. The number of sulfonamides is 1. The molecule has 6 nitrogen and oxygen atoms in total. The van der Waals surface area contributed by atoms with Crippen LogP contribution in [0.4, 0.5) is 0 Å². The van der Waals surface area contributed by atoms with Gasteiger partial charge >= 0.3 is 5.97 Å². The SMILES string of the molecule is COC(=O)C1CCCC1S(=O)(=O)NCC1(N(C)C)CCC1. The molecule has 2 unspecified atom stereocenters. The average molecular weight is 318 g/mol. The molecular weight excluding hydrogens is 292 g/mol. The van der Waals surface area contributed by atoms with Gasteiger partial charge in [-0.3, -0.25) is 4.79 Å². The quantitative estimate of drug-likeness (QED) is 0.731. The number of methoxy groups -OCH3 is 1.